The van der Waals surface area contributed by atoms with Crippen molar-refractivity contribution in [3.63, 3.8) is 0 Å². The summed E-state index contributed by atoms with van der Waals surface area (Å²) in [7, 11) is 0. The smallest absolute Gasteiger partial charge is 0.260 e. The number of carbonyl (C=O) groups excluding carboxylic acids is 1. The summed E-state index contributed by atoms with van der Waals surface area (Å²) in [4.78, 5) is 24.1. The first-order valence-corrected chi connectivity index (χ1v) is 11.8. The number of anilines is 1. The molecular weight excluding hydrogens is 420 g/mol. The van der Waals surface area contributed by atoms with Crippen LogP contribution in [0, 0.1) is 6.92 Å². The van der Waals surface area contributed by atoms with Crippen LogP contribution in [0.15, 0.2) is 61.2 Å². The zero-order chi connectivity index (χ0) is 22.3. The highest BCUT2D eigenvalue weighted by Gasteiger charge is 2.21. The van der Waals surface area contributed by atoms with Gasteiger partial charge in [0.05, 0.1) is 23.2 Å². The van der Waals surface area contributed by atoms with E-state index in [1.54, 1.807) is 28.8 Å². The predicted octanol–water partition coefficient (Wildman–Crippen LogP) is 5.72. The molecule has 0 fully saturated rings. The van der Waals surface area contributed by atoms with Crippen molar-refractivity contribution in [3.8, 4) is 5.75 Å². The Balaban J connectivity index is 1.54. The number of rotatable bonds is 10. The lowest BCUT2D eigenvalue weighted by Gasteiger charge is -2.20. The topological polar surface area (TPSA) is 60.2 Å². The fourth-order valence-electron chi connectivity index (χ4n) is 3.43. The third-order valence-corrected chi connectivity index (χ3v) is 6.27. The molecule has 4 aromatic rings. The second-order valence-corrected chi connectivity index (χ2v) is 8.81. The Morgan fingerprint density at radius 3 is 2.75 bits per heavy atom. The second-order valence-electron chi connectivity index (χ2n) is 7.80. The van der Waals surface area contributed by atoms with E-state index < -0.39 is 0 Å². The molecule has 0 unspecified atom stereocenters. The Morgan fingerprint density at radius 2 is 2.00 bits per heavy atom. The van der Waals surface area contributed by atoms with E-state index in [9.17, 15) is 4.79 Å². The first-order chi connectivity index (χ1) is 15.6. The van der Waals surface area contributed by atoms with Crippen LogP contribution in [0.5, 0.6) is 5.75 Å². The van der Waals surface area contributed by atoms with Gasteiger partial charge in [-0.2, -0.15) is 0 Å². The zero-order valence-electron chi connectivity index (χ0n) is 18.5. The van der Waals surface area contributed by atoms with Crippen molar-refractivity contribution in [3.05, 3.63) is 72.3 Å². The maximum absolute atomic E-state index is 13.5. The van der Waals surface area contributed by atoms with Gasteiger partial charge >= 0.3 is 0 Å². The number of nitrogens with zero attached hydrogens (tertiary/aromatic N) is 4. The number of fused-ring (bicyclic) bond motifs is 1. The first kappa shape index (κ1) is 22.0. The van der Waals surface area contributed by atoms with E-state index in [-0.39, 0.29) is 5.91 Å². The number of hydrogen-bond donors (Lipinski definition) is 0. The van der Waals surface area contributed by atoms with Gasteiger partial charge in [-0.05, 0) is 61.7 Å². The number of imidazole rings is 1. The summed E-state index contributed by atoms with van der Waals surface area (Å²) in [5.41, 5.74) is 2.73. The van der Waals surface area contributed by atoms with Gasteiger partial charge in [0.25, 0.3) is 5.91 Å². The summed E-state index contributed by atoms with van der Waals surface area (Å²) in [5, 5.41) is 0.726. The third-order valence-electron chi connectivity index (χ3n) is 5.23. The fourth-order valence-corrected chi connectivity index (χ4v) is 4.52. The molecule has 2 aromatic carbocycles. The molecular formula is C25H28N4O2S. The molecule has 7 heteroatoms. The Morgan fingerprint density at radius 1 is 1.16 bits per heavy atom. The Hall–Kier alpha value is -3.19. The molecule has 0 atom stereocenters. The summed E-state index contributed by atoms with van der Waals surface area (Å²) in [6.07, 6.45) is 8.40. The van der Waals surface area contributed by atoms with Gasteiger partial charge in [0.2, 0.25) is 0 Å². The minimum atomic E-state index is -0.0495. The van der Waals surface area contributed by atoms with E-state index in [4.69, 9.17) is 9.72 Å². The SMILES string of the molecule is CCCCOc1ccc(C(=O)N(CCCn2ccnc2)c2nc3ccc(C)cc3s2)cc1. The number of amides is 1. The summed E-state index contributed by atoms with van der Waals surface area (Å²) >= 11 is 1.56. The summed E-state index contributed by atoms with van der Waals surface area (Å²) < 4.78 is 8.85. The van der Waals surface area contributed by atoms with Gasteiger partial charge in [0, 0.05) is 31.0 Å². The number of aromatic nitrogens is 3. The number of unbranched alkanes of at least 4 members (excludes halogenated alkanes) is 1. The van der Waals surface area contributed by atoms with Crippen LogP contribution in [0.2, 0.25) is 0 Å². The molecule has 0 radical (unpaired) electrons. The molecule has 2 heterocycles. The molecule has 6 nitrogen and oxygen atoms in total. The quantitative estimate of drug-likeness (QED) is 0.291. The minimum absolute atomic E-state index is 0.0495. The van der Waals surface area contributed by atoms with Gasteiger partial charge < -0.3 is 9.30 Å². The van der Waals surface area contributed by atoms with Crippen LogP contribution in [0.1, 0.15) is 42.1 Å². The minimum Gasteiger partial charge on any atom is -0.494 e. The molecule has 0 saturated heterocycles. The number of benzene rings is 2. The van der Waals surface area contributed by atoms with Crippen molar-refractivity contribution < 1.29 is 9.53 Å². The van der Waals surface area contributed by atoms with Gasteiger partial charge in [-0.3, -0.25) is 9.69 Å². The van der Waals surface area contributed by atoms with E-state index >= 15 is 0 Å². The molecule has 0 saturated carbocycles. The maximum Gasteiger partial charge on any atom is 0.260 e. The van der Waals surface area contributed by atoms with E-state index in [1.165, 1.54) is 5.56 Å². The predicted molar refractivity (Wildman–Crippen MR) is 130 cm³/mol. The highest BCUT2D eigenvalue weighted by Crippen LogP contribution is 2.31. The highest BCUT2D eigenvalue weighted by atomic mass is 32.1. The van der Waals surface area contributed by atoms with E-state index in [2.05, 4.69) is 24.9 Å². The second kappa shape index (κ2) is 10.4. The fraction of sp³-hybridized carbons (Fsp3) is 0.320. The molecule has 2 aromatic heterocycles. The maximum atomic E-state index is 13.5. The van der Waals surface area contributed by atoms with Gasteiger partial charge in [-0.25, -0.2) is 9.97 Å². The molecule has 4 rings (SSSR count). The summed E-state index contributed by atoms with van der Waals surface area (Å²) in [6, 6.07) is 13.6. The van der Waals surface area contributed by atoms with Crippen LogP contribution in [0.3, 0.4) is 0 Å². The standard InChI is InChI=1S/C25H28N4O2S/c1-3-4-16-31-21-9-7-20(8-10-21)24(30)29(14-5-13-28-15-12-26-18-28)25-27-22-11-6-19(2)17-23(22)32-25/h6-12,15,17-18H,3-5,13-14,16H2,1-2H3. The molecule has 0 N–H and O–H groups in total. The van der Waals surface area contributed by atoms with Crippen molar-refractivity contribution in [1.82, 2.24) is 14.5 Å². The van der Waals surface area contributed by atoms with Crippen LogP contribution in [-0.2, 0) is 6.54 Å². The van der Waals surface area contributed by atoms with Crippen LogP contribution in [0.25, 0.3) is 10.2 Å². The number of aryl methyl sites for hydroxylation is 2. The highest BCUT2D eigenvalue weighted by molar-refractivity contribution is 7.22. The lowest BCUT2D eigenvalue weighted by molar-refractivity contribution is 0.0986. The van der Waals surface area contributed by atoms with E-state index in [0.29, 0.717) is 18.7 Å². The molecule has 0 aliphatic heterocycles. The summed E-state index contributed by atoms with van der Waals surface area (Å²) in [6.45, 7) is 6.25. The van der Waals surface area contributed by atoms with Crippen molar-refractivity contribution in [2.45, 2.75) is 39.7 Å². The van der Waals surface area contributed by atoms with Crippen molar-refractivity contribution in [2.24, 2.45) is 0 Å². The van der Waals surface area contributed by atoms with Crippen LogP contribution < -0.4 is 9.64 Å². The molecule has 0 aliphatic rings. The van der Waals surface area contributed by atoms with Crippen LogP contribution >= 0.6 is 11.3 Å². The number of carbonyl (C=O) groups is 1. The van der Waals surface area contributed by atoms with Gasteiger partial charge in [0.1, 0.15) is 5.75 Å². The number of hydrogen-bond acceptors (Lipinski definition) is 5. The lowest BCUT2D eigenvalue weighted by Crippen LogP contribution is -2.32. The van der Waals surface area contributed by atoms with Gasteiger partial charge in [-0.15, -0.1) is 0 Å². The Bertz CT molecular complexity index is 1150. The Labute approximate surface area is 192 Å². The molecule has 32 heavy (non-hydrogen) atoms. The largest absolute Gasteiger partial charge is 0.494 e. The monoisotopic (exact) mass is 448 g/mol. The van der Waals surface area contributed by atoms with Crippen molar-refractivity contribution >= 4 is 32.6 Å². The molecule has 166 valence electrons. The third kappa shape index (κ3) is 5.34. The average Bonchev–Trinajstić information content (AvgIpc) is 3.46. The molecule has 0 bridgehead atoms. The Kier molecular flexibility index (Phi) is 7.17. The molecule has 1 amide bonds. The van der Waals surface area contributed by atoms with Crippen LogP contribution in [-0.4, -0.2) is 33.6 Å². The first-order valence-electron chi connectivity index (χ1n) is 11.0. The van der Waals surface area contributed by atoms with Gasteiger partial charge in [0.15, 0.2) is 5.13 Å². The van der Waals surface area contributed by atoms with E-state index in [1.807, 2.05) is 47.2 Å². The van der Waals surface area contributed by atoms with Crippen molar-refractivity contribution in [2.75, 3.05) is 18.1 Å². The summed E-state index contributed by atoms with van der Waals surface area (Å²) in [5.74, 6) is 0.739. The normalized spacial score (nSPS) is 11.1. The van der Waals surface area contributed by atoms with Crippen LogP contribution in [0.4, 0.5) is 5.13 Å². The zero-order valence-corrected chi connectivity index (χ0v) is 19.3. The lowest BCUT2D eigenvalue weighted by atomic mass is 10.2. The molecule has 0 spiro atoms. The number of ether oxygens (including phenoxy) is 1. The van der Waals surface area contributed by atoms with Crippen molar-refractivity contribution in [1.29, 1.82) is 0 Å². The molecule has 0 aliphatic carbocycles. The number of thiazole rings is 1. The average molecular weight is 449 g/mol. The van der Waals surface area contributed by atoms with E-state index in [0.717, 1.165) is 46.9 Å². The van der Waals surface area contributed by atoms with Gasteiger partial charge in [-0.1, -0.05) is 30.7 Å².